The van der Waals surface area contributed by atoms with Gasteiger partial charge in [0, 0.05) is 25.7 Å². The molecule has 1 aliphatic rings. The zero-order chi connectivity index (χ0) is 15.7. The van der Waals surface area contributed by atoms with Crippen molar-refractivity contribution >= 4 is 17.0 Å². The van der Waals surface area contributed by atoms with Crippen molar-refractivity contribution in [2.45, 2.75) is 32.0 Å². The van der Waals surface area contributed by atoms with Crippen LogP contribution in [0.1, 0.15) is 25.6 Å². The zero-order valence-electron chi connectivity index (χ0n) is 12.1. The number of hydrogen-bond donors (Lipinski definition) is 2. The predicted octanol–water partition coefficient (Wildman–Crippen LogP) is 1.95. The number of alkyl halides is 3. The number of rotatable bonds is 3. The lowest BCUT2D eigenvalue weighted by atomic mass is 10.1. The number of hydrogen-bond acceptors (Lipinski definition) is 5. The van der Waals surface area contributed by atoms with E-state index in [4.69, 9.17) is 0 Å². The van der Waals surface area contributed by atoms with E-state index in [2.05, 4.69) is 32.2 Å². The molecule has 1 atom stereocenters. The SMILES string of the molecule is CCCC1CNCCN1c1nc(C(F)(F)F)nc2nc[nH]c12. The standard InChI is InChI=1S/C13H17F3N6/c1-2-3-8-6-17-4-5-22(8)11-9-10(19-7-18-9)20-12(21-11)13(14,15)16/h7-8,17H,2-6H2,1H3,(H,18,19,20,21). The van der Waals surface area contributed by atoms with Gasteiger partial charge >= 0.3 is 6.18 Å². The Balaban J connectivity index is 2.09. The monoisotopic (exact) mass is 314 g/mol. The molecule has 1 fully saturated rings. The number of imidazole rings is 1. The van der Waals surface area contributed by atoms with Crippen LogP contribution >= 0.6 is 0 Å². The highest BCUT2D eigenvalue weighted by molar-refractivity contribution is 5.83. The lowest BCUT2D eigenvalue weighted by Crippen LogP contribution is -2.51. The molecule has 0 bridgehead atoms. The van der Waals surface area contributed by atoms with Gasteiger partial charge in [-0.15, -0.1) is 0 Å². The highest BCUT2D eigenvalue weighted by atomic mass is 19.4. The minimum Gasteiger partial charge on any atom is -0.349 e. The van der Waals surface area contributed by atoms with Gasteiger partial charge in [-0.1, -0.05) is 13.3 Å². The minimum atomic E-state index is -4.59. The average Bonchev–Trinajstić information content (AvgIpc) is 2.95. The summed E-state index contributed by atoms with van der Waals surface area (Å²) in [6.07, 6.45) is -1.41. The molecule has 0 radical (unpaired) electrons. The molecule has 2 N–H and O–H groups in total. The van der Waals surface area contributed by atoms with Gasteiger partial charge in [0.05, 0.1) is 6.33 Å². The van der Waals surface area contributed by atoms with Gasteiger partial charge < -0.3 is 15.2 Å². The third-order valence-electron chi connectivity index (χ3n) is 3.76. The second-order valence-corrected chi connectivity index (χ2v) is 5.31. The summed E-state index contributed by atoms with van der Waals surface area (Å²) in [6, 6.07) is 0.112. The number of H-pyrrole nitrogens is 1. The molecule has 1 unspecified atom stereocenters. The highest BCUT2D eigenvalue weighted by Crippen LogP contribution is 2.31. The van der Waals surface area contributed by atoms with Gasteiger partial charge in [0.25, 0.3) is 0 Å². The second-order valence-electron chi connectivity index (χ2n) is 5.31. The van der Waals surface area contributed by atoms with E-state index in [1.807, 2.05) is 4.90 Å². The average molecular weight is 314 g/mol. The van der Waals surface area contributed by atoms with Gasteiger partial charge in [-0.2, -0.15) is 13.2 Å². The van der Waals surface area contributed by atoms with Crippen LogP contribution in [0.4, 0.5) is 19.0 Å². The maximum atomic E-state index is 13.0. The van der Waals surface area contributed by atoms with Gasteiger partial charge in [0.2, 0.25) is 5.82 Å². The summed E-state index contributed by atoms with van der Waals surface area (Å²) in [5.74, 6) is -0.856. The van der Waals surface area contributed by atoms with E-state index in [0.717, 1.165) is 19.4 Å². The van der Waals surface area contributed by atoms with Crippen molar-refractivity contribution < 1.29 is 13.2 Å². The van der Waals surface area contributed by atoms with Crippen molar-refractivity contribution in [3.8, 4) is 0 Å². The third-order valence-corrected chi connectivity index (χ3v) is 3.76. The van der Waals surface area contributed by atoms with Crippen LogP contribution in [0.15, 0.2) is 6.33 Å². The normalized spacial score (nSPS) is 19.8. The Morgan fingerprint density at radius 3 is 2.91 bits per heavy atom. The fraction of sp³-hybridized carbons (Fsp3) is 0.615. The largest absolute Gasteiger partial charge is 0.451 e. The van der Waals surface area contributed by atoms with E-state index in [1.54, 1.807) is 0 Å². The summed E-state index contributed by atoms with van der Waals surface area (Å²) in [5, 5.41) is 3.27. The molecule has 3 rings (SSSR count). The van der Waals surface area contributed by atoms with Crippen LogP contribution in [-0.4, -0.2) is 45.6 Å². The first-order valence-corrected chi connectivity index (χ1v) is 7.26. The van der Waals surface area contributed by atoms with E-state index >= 15 is 0 Å². The molecule has 22 heavy (non-hydrogen) atoms. The van der Waals surface area contributed by atoms with Crippen LogP contribution in [0, 0.1) is 0 Å². The first-order valence-electron chi connectivity index (χ1n) is 7.26. The molecule has 1 aliphatic heterocycles. The highest BCUT2D eigenvalue weighted by Gasteiger charge is 2.37. The predicted molar refractivity (Wildman–Crippen MR) is 75.6 cm³/mol. The van der Waals surface area contributed by atoms with Crippen LogP contribution in [0.2, 0.25) is 0 Å². The lowest BCUT2D eigenvalue weighted by Gasteiger charge is -2.37. The van der Waals surface area contributed by atoms with E-state index in [-0.39, 0.29) is 17.5 Å². The van der Waals surface area contributed by atoms with Crippen LogP contribution in [0.3, 0.4) is 0 Å². The number of piperazine rings is 1. The number of aromatic amines is 1. The van der Waals surface area contributed by atoms with E-state index in [0.29, 0.717) is 18.6 Å². The van der Waals surface area contributed by atoms with Gasteiger partial charge in [-0.25, -0.2) is 15.0 Å². The quantitative estimate of drug-likeness (QED) is 0.906. The lowest BCUT2D eigenvalue weighted by molar-refractivity contribution is -0.144. The topological polar surface area (TPSA) is 69.7 Å². The number of anilines is 1. The van der Waals surface area contributed by atoms with Crippen molar-refractivity contribution in [3.63, 3.8) is 0 Å². The fourth-order valence-electron chi connectivity index (χ4n) is 2.78. The molecule has 6 nitrogen and oxygen atoms in total. The Morgan fingerprint density at radius 2 is 2.18 bits per heavy atom. The van der Waals surface area contributed by atoms with Gasteiger partial charge in [0.1, 0.15) is 5.52 Å². The minimum absolute atomic E-state index is 0.0473. The molecular weight excluding hydrogens is 297 g/mol. The molecule has 120 valence electrons. The molecule has 0 amide bonds. The van der Waals surface area contributed by atoms with Crippen molar-refractivity contribution in [2.75, 3.05) is 24.5 Å². The summed E-state index contributed by atoms with van der Waals surface area (Å²) in [6.45, 7) is 4.10. The summed E-state index contributed by atoms with van der Waals surface area (Å²) < 4.78 is 39.1. The smallest absolute Gasteiger partial charge is 0.349 e. The van der Waals surface area contributed by atoms with Crippen LogP contribution in [-0.2, 0) is 6.18 Å². The Bertz CT molecular complexity index is 651. The summed E-state index contributed by atoms with van der Waals surface area (Å²) in [4.78, 5) is 16.0. The van der Waals surface area contributed by atoms with Crippen molar-refractivity contribution in [1.29, 1.82) is 0 Å². The maximum absolute atomic E-state index is 13.0. The number of aromatic nitrogens is 4. The van der Waals surface area contributed by atoms with Crippen LogP contribution in [0.5, 0.6) is 0 Å². The first-order chi connectivity index (χ1) is 10.5. The molecule has 2 aromatic rings. The van der Waals surface area contributed by atoms with Crippen molar-refractivity contribution in [2.24, 2.45) is 0 Å². The van der Waals surface area contributed by atoms with E-state index in [9.17, 15) is 13.2 Å². The van der Waals surface area contributed by atoms with Crippen LogP contribution in [0.25, 0.3) is 11.2 Å². The third kappa shape index (κ3) is 2.72. The van der Waals surface area contributed by atoms with Crippen molar-refractivity contribution in [3.05, 3.63) is 12.2 Å². The van der Waals surface area contributed by atoms with E-state index in [1.165, 1.54) is 6.33 Å². The molecular formula is C13H17F3N6. The Morgan fingerprint density at radius 1 is 1.36 bits per heavy atom. The Hall–Kier alpha value is -1.90. The second kappa shape index (κ2) is 5.71. The molecule has 9 heteroatoms. The molecule has 2 aromatic heterocycles. The molecule has 1 saturated heterocycles. The molecule has 0 spiro atoms. The van der Waals surface area contributed by atoms with Gasteiger partial charge in [-0.3, -0.25) is 0 Å². The Labute approximate surface area is 125 Å². The maximum Gasteiger partial charge on any atom is 0.451 e. The first kappa shape index (κ1) is 15.0. The summed E-state index contributed by atoms with van der Waals surface area (Å²) in [7, 11) is 0. The number of fused-ring (bicyclic) bond motifs is 1. The molecule has 0 aliphatic carbocycles. The fourth-order valence-corrected chi connectivity index (χ4v) is 2.78. The van der Waals surface area contributed by atoms with E-state index < -0.39 is 12.0 Å². The number of nitrogens with one attached hydrogen (secondary N) is 2. The number of halogens is 3. The molecule has 0 aromatic carbocycles. The summed E-state index contributed by atoms with van der Waals surface area (Å²) in [5.41, 5.74) is 0.502. The molecule has 3 heterocycles. The number of nitrogens with zero attached hydrogens (tertiary/aromatic N) is 4. The van der Waals surface area contributed by atoms with Gasteiger partial charge in [-0.05, 0) is 6.42 Å². The summed E-state index contributed by atoms with van der Waals surface area (Å²) >= 11 is 0. The van der Waals surface area contributed by atoms with Crippen LogP contribution < -0.4 is 10.2 Å². The van der Waals surface area contributed by atoms with Crippen molar-refractivity contribution in [1.82, 2.24) is 25.3 Å². The van der Waals surface area contributed by atoms with Gasteiger partial charge in [0.15, 0.2) is 11.5 Å². The Kier molecular flexibility index (Phi) is 3.90. The molecule has 0 saturated carbocycles. The zero-order valence-corrected chi connectivity index (χ0v) is 12.1.